The highest BCUT2D eigenvalue weighted by atomic mass is 79.9. The van der Waals surface area contributed by atoms with Gasteiger partial charge in [-0.3, -0.25) is 4.79 Å². The van der Waals surface area contributed by atoms with Crippen LogP contribution in [0.3, 0.4) is 0 Å². The van der Waals surface area contributed by atoms with Crippen molar-refractivity contribution in [2.75, 3.05) is 16.8 Å². The van der Waals surface area contributed by atoms with Gasteiger partial charge in [-0.05, 0) is 48.9 Å². The van der Waals surface area contributed by atoms with Crippen LogP contribution in [0.1, 0.15) is 5.56 Å². The minimum Gasteiger partial charge on any atom is -0.399 e. The number of nitrogens with two attached hydrogens (primary N) is 1. The summed E-state index contributed by atoms with van der Waals surface area (Å²) in [6.45, 7) is 1.97. The minimum absolute atomic E-state index is 0.0831. The van der Waals surface area contributed by atoms with Gasteiger partial charge in [0.2, 0.25) is 5.91 Å². The Balaban J connectivity index is 1.95. The van der Waals surface area contributed by atoms with Crippen LogP contribution in [0, 0.1) is 6.92 Å². The summed E-state index contributed by atoms with van der Waals surface area (Å²) in [5.74, 6) is 0.193. The van der Waals surface area contributed by atoms with Gasteiger partial charge in [0.15, 0.2) is 0 Å². The molecule has 0 aliphatic heterocycles. The van der Waals surface area contributed by atoms with Gasteiger partial charge in [0.25, 0.3) is 0 Å². The molecule has 0 aliphatic carbocycles. The summed E-state index contributed by atoms with van der Waals surface area (Å²) in [6.07, 6.45) is 0. The molecule has 2 aromatic rings. The molecule has 0 spiro atoms. The molecule has 0 bridgehead atoms. The first-order valence-electron chi connectivity index (χ1n) is 6.19. The van der Waals surface area contributed by atoms with Gasteiger partial charge in [0.05, 0.1) is 10.8 Å². The lowest BCUT2D eigenvalue weighted by molar-refractivity contribution is -0.113. The molecule has 21 heavy (non-hydrogen) atoms. The summed E-state index contributed by atoms with van der Waals surface area (Å²) in [6, 6.07) is 10.9. The third-order valence-corrected chi connectivity index (χ3v) is 5.14. The van der Waals surface area contributed by atoms with Crippen LogP contribution in [-0.4, -0.2) is 11.7 Å². The van der Waals surface area contributed by atoms with E-state index in [-0.39, 0.29) is 11.7 Å². The maximum atomic E-state index is 12.0. The van der Waals surface area contributed by atoms with Crippen molar-refractivity contribution < 1.29 is 4.79 Å². The van der Waals surface area contributed by atoms with E-state index < -0.39 is 0 Å². The molecule has 0 unspecified atom stereocenters. The average Bonchev–Trinajstić information content (AvgIpc) is 2.44. The standard InChI is InChI=1S/C15H14BrClN2OS/c1-9-6-11(3-4-12(9)16)19-15(20)8-21-14-7-10(18)2-5-13(14)17/h2-7H,8,18H2,1H3,(H,19,20). The Bertz CT molecular complexity index is 679. The number of nitrogen functional groups attached to an aromatic ring is 1. The number of thioether (sulfide) groups is 1. The van der Waals surface area contributed by atoms with E-state index in [4.69, 9.17) is 17.3 Å². The first-order valence-corrected chi connectivity index (χ1v) is 8.35. The van der Waals surface area contributed by atoms with Gasteiger partial charge in [0.1, 0.15) is 0 Å². The molecule has 0 saturated heterocycles. The highest BCUT2D eigenvalue weighted by molar-refractivity contribution is 9.10. The molecule has 0 atom stereocenters. The topological polar surface area (TPSA) is 55.1 Å². The van der Waals surface area contributed by atoms with Crippen molar-refractivity contribution in [1.29, 1.82) is 0 Å². The Morgan fingerprint density at radius 2 is 2.10 bits per heavy atom. The van der Waals surface area contributed by atoms with E-state index >= 15 is 0 Å². The Labute approximate surface area is 141 Å². The number of nitrogens with one attached hydrogen (secondary N) is 1. The Morgan fingerprint density at radius 1 is 1.33 bits per heavy atom. The van der Waals surface area contributed by atoms with Gasteiger partial charge in [-0.1, -0.05) is 27.5 Å². The number of hydrogen-bond acceptors (Lipinski definition) is 3. The molecule has 0 radical (unpaired) electrons. The summed E-state index contributed by atoms with van der Waals surface area (Å²) < 4.78 is 1.02. The predicted molar refractivity (Wildman–Crippen MR) is 94.1 cm³/mol. The number of rotatable bonds is 4. The number of amides is 1. The zero-order valence-electron chi connectivity index (χ0n) is 11.3. The molecule has 3 nitrogen and oxygen atoms in total. The molecule has 0 aliphatic rings. The molecule has 2 rings (SSSR count). The smallest absolute Gasteiger partial charge is 0.234 e. The fourth-order valence-electron chi connectivity index (χ4n) is 1.69. The number of benzene rings is 2. The maximum absolute atomic E-state index is 12.0. The van der Waals surface area contributed by atoms with Crippen LogP contribution in [-0.2, 0) is 4.79 Å². The molecule has 0 aromatic heterocycles. The van der Waals surface area contributed by atoms with Gasteiger partial charge in [-0.25, -0.2) is 0 Å². The first kappa shape index (κ1) is 16.2. The zero-order chi connectivity index (χ0) is 15.4. The Morgan fingerprint density at radius 3 is 2.81 bits per heavy atom. The Hall–Kier alpha value is -1.17. The Kier molecular flexibility index (Phi) is 5.56. The van der Waals surface area contributed by atoms with Crippen molar-refractivity contribution in [3.63, 3.8) is 0 Å². The highest BCUT2D eigenvalue weighted by Crippen LogP contribution is 2.29. The number of halogens is 2. The monoisotopic (exact) mass is 384 g/mol. The van der Waals surface area contributed by atoms with Crippen molar-refractivity contribution in [2.45, 2.75) is 11.8 Å². The third kappa shape index (κ3) is 4.66. The fourth-order valence-corrected chi connectivity index (χ4v) is 3.01. The summed E-state index contributed by atoms with van der Waals surface area (Å²) in [5.41, 5.74) is 8.19. The van der Waals surface area contributed by atoms with E-state index in [2.05, 4.69) is 21.2 Å². The second kappa shape index (κ2) is 7.20. The lowest BCUT2D eigenvalue weighted by Crippen LogP contribution is -2.14. The van der Waals surface area contributed by atoms with E-state index in [1.165, 1.54) is 11.8 Å². The lowest BCUT2D eigenvalue weighted by atomic mass is 10.2. The largest absolute Gasteiger partial charge is 0.399 e. The second-order valence-electron chi connectivity index (χ2n) is 4.49. The SMILES string of the molecule is Cc1cc(NC(=O)CSc2cc(N)ccc2Cl)ccc1Br. The van der Waals surface area contributed by atoms with Crippen LogP contribution < -0.4 is 11.1 Å². The molecule has 6 heteroatoms. The van der Waals surface area contributed by atoms with Crippen molar-refractivity contribution in [3.8, 4) is 0 Å². The average molecular weight is 386 g/mol. The first-order chi connectivity index (χ1) is 9.95. The van der Waals surface area contributed by atoms with Crippen LogP contribution in [0.15, 0.2) is 45.8 Å². The van der Waals surface area contributed by atoms with Gasteiger partial charge < -0.3 is 11.1 Å². The summed E-state index contributed by atoms with van der Waals surface area (Å²) >= 11 is 10.9. The highest BCUT2D eigenvalue weighted by Gasteiger charge is 2.07. The quantitative estimate of drug-likeness (QED) is 0.591. The normalized spacial score (nSPS) is 10.4. The van der Waals surface area contributed by atoms with E-state index in [1.54, 1.807) is 18.2 Å². The molecule has 0 saturated carbocycles. The minimum atomic E-state index is -0.0831. The lowest BCUT2D eigenvalue weighted by Gasteiger charge is -2.08. The molecule has 1 amide bonds. The molecule has 3 N–H and O–H groups in total. The van der Waals surface area contributed by atoms with Crippen molar-refractivity contribution in [2.24, 2.45) is 0 Å². The third-order valence-electron chi connectivity index (χ3n) is 2.76. The predicted octanol–water partition coefficient (Wildman–Crippen LogP) is 4.72. The number of anilines is 2. The van der Waals surface area contributed by atoms with E-state index in [0.717, 1.165) is 20.6 Å². The number of hydrogen-bond donors (Lipinski definition) is 2. The maximum Gasteiger partial charge on any atom is 0.234 e. The molecule has 0 heterocycles. The summed E-state index contributed by atoms with van der Waals surface area (Å²) in [7, 11) is 0. The van der Waals surface area contributed by atoms with Crippen molar-refractivity contribution in [3.05, 3.63) is 51.5 Å². The fraction of sp³-hybridized carbons (Fsp3) is 0.133. The van der Waals surface area contributed by atoms with Gasteiger partial charge >= 0.3 is 0 Å². The number of carbonyl (C=O) groups excluding carboxylic acids is 1. The number of carbonyl (C=O) groups is 1. The molecule has 2 aromatic carbocycles. The molecule has 0 fully saturated rings. The molecule has 110 valence electrons. The van der Waals surface area contributed by atoms with Crippen molar-refractivity contribution in [1.82, 2.24) is 0 Å². The van der Waals surface area contributed by atoms with E-state index in [1.807, 2.05) is 25.1 Å². The van der Waals surface area contributed by atoms with Gasteiger partial charge in [0, 0.05) is 20.7 Å². The van der Waals surface area contributed by atoms with Crippen LogP contribution in [0.5, 0.6) is 0 Å². The van der Waals surface area contributed by atoms with E-state index in [9.17, 15) is 4.79 Å². The van der Waals surface area contributed by atoms with Crippen LogP contribution in [0.4, 0.5) is 11.4 Å². The zero-order valence-corrected chi connectivity index (χ0v) is 14.5. The number of aryl methyl sites for hydroxylation is 1. The van der Waals surface area contributed by atoms with Gasteiger partial charge in [-0.2, -0.15) is 0 Å². The summed E-state index contributed by atoms with van der Waals surface area (Å²) in [5, 5.41) is 3.46. The van der Waals surface area contributed by atoms with E-state index in [0.29, 0.717) is 10.7 Å². The molecular formula is C15H14BrClN2OS. The van der Waals surface area contributed by atoms with Crippen LogP contribution in [0.25, 0.3) is 0 Å². The second-order valence-corrected chi connectivity index (χ2v) is 6.77. The molecular weight excluding hydrogens is 372 g/mol. The van der Waals surface area contributed by atoms with Gasteiger partial charge in [-0.15, -0.1) is 11.8 Å². The van der Waals surface area contributed by atoms with Crippen LogP contribution >= 0.6 is 39.3 Å². The van der Waals surface area contributed by atoms with Crippen LogP contribution in [0.2, 0.25) is 5.02 Å². The summed E-state index contributed by atoms with van der Waals surface area (Å²) in [4.78, 5) is 12.8. The van der Waals surface area contributed by atoms with Crippen molar-refractivity contribution >= 4 is 56.6 Å².